The van der Waals surface area contributed by atoms with Crippen LogP contribution in [0.1, 0.15) is 83.9 Å². The molecule has 0 aliphatic heterocycles. The summed E-state index contributed by atoms with van der Waals surface area (Å²) in [5.74, 6) is -0.474. The van der Waals surface area contributed by atoms with Crippen molar-refractivity contribution in [2.75, 3.05) is 0 Å². The van der Waals surface area contributed by atoms with Crippen molar-refractivity contribution in [2.24, 2.45) is 0 Å². The molecule has 0 spiro atoms. The van der Waals surface area contributed by atoms with Gasteiger partial charge in [-0.3, -0.25) is 4.57 Å². The maximum absolute atomic E-state index is 14.4. The average Bonchev–Trinajstić information content (AvgIpc) is 3.63. The second-order valence-electron chi connectivity index (χ2n) is 16.5. The molecule has 4 aromatic carbocycles. The van der Waals surface area contributed by atoms with Gasteiger partial charge in [0, 0.05) is 27.6 Å². The van der Waals surface area contributed by atoms with Gasteiger partial charge in [-0.2, -0.15) is 0 Å². The number of rotatable bonds is 4. The summed E-state index contributed by atoms with van der Waals surface area (Å²) in [6.45, 7) is 18.7. The molecule has 0 bridgehead atoms. The Bertz CT molecular complexity index is 2540. The minimum atomic E-state index is -1.10. The number of aromatic carboxylic acids is 1. The van der Waals surface area contributed by atoms with Gasteiger partial charge in [0.05, 0.1) is 27.8 Å². The zero-order valence-electron chi connectivity index (χ0n) is 31.2. The molecule has 0 saturated carbocycles. The first-order valence-corrected chi connectivity index (χ1v) is 17.6. The monoisotopic (exact) mass is 692 g/mol. The van der Waals surface area contributed by atoms with Crippen LogP contribution in [-0.4, -0.2) is 41.9 Å². The molecule has 1 N–H and O–H groups in total. The van der Waals surface area contributed by atoms with Crippen molar-refractivity contribution in [3.63, 3.8) is 0 Å². The number of nitrogens with zero attached hydrogens (tertiary/aromatic N) is 4. The molecule has 7 rings (SSSR count). The van der Waals surface area contributed by atoms with E-state index in [-0.39, 0.29) is 16.5 Å². The zero-order chi connectivity index (χ0) is 37.3. The number of benzene rings is 4. The fraction of sp³-hybridized carbons (Fsp3) is 0.273. The highest BCUT2D eigenvalue weighted by Gasteiger charge is 2.30. The highest BCUT2D eigenvalue weighted by atomic mass is 16.6. The number of fused-ring (bicyclic) bond motifs is 4. The van der Waals surface area contributed by atoms with Crippen LogP contribution >= 0.6 is 0 Å². The van der Waals surface area contributed by atoms with Crippen molar-refractivity contribution in [3.8, 4) is 28.3 Å². The van der Waals surface area contributed by atoms with Gasteiger partial charge >= 0.3 is 12.1 Å². The maximum atomic E-state index is 14.4. The Kier molecular flexibility index (Phi) is 8.13. The summed E-state index contributed by atoms with van der Waals surface area (Å²) in [5, 5.41) is 11.6. The van der Waals surface area contributed by atoms with Gasteiger partial charge < -0.3 is 9.84 Å². The van der Waals surface area contributed by atoms with Crippen LogP contribution in [0.25, 0.3) is 61.2 Å². The molecule has 0 atom stereocenters. The van der Waals surface area contributed by atoms with E-state index in [4.69, 9.17) is 9.72 Å². The lowest BCUT2D eigenvalue weighted by molar-refractivity contribution is 0.0550. The van der Waals surface area contributed by atoms with Gasteiger partial charge in [0.15, 0.2) is 0 Å². The molecule has 0 aliphatic carbocycles. The van der Waals surface area contributed by atoms with E-state index >= 15 is 0 Å². The Morgan fingerprint density at radius 2 is 1.33 bits per heavy atom. The number of hydrogen-bond acceptors (Lipinski definition) is 5. The average molecular weight is 693 g/mol. The third kappa shape index (κ3) is 6.12. The van der Waals surface area contributed by atoms with E-state index in [1.807, 2.05) is 75.4 Å². The number of carboxylic acid groups (broad SMARTS) is 1. The van der Waals surface area contributed by atoms with E-state index < -0.39 is 17.7 Å². The SMILES string of the molecule is CC(C)(C)OC(=O)n1c2ccc(C(C)(C)C)cc2c2cc(C(C)(C)C)cc(-c3nc4c(-c5cccc(C(=O)O)n5)cccc4n3-c3ccccc3)c21. The van der Waals surface area contributed by atoms with Crippen molar-refractivity contribution in [2.45, 2.75) is 78.7 Å². The number of para-hydroxylation sites is 2. The lowest BCUT2D eigenvalue weighted by Crippen LogP contribution is -2.27. The third-order valence-electron chi connectivity index (χ3n) is 9.35. The first-order chi connectivity index (χ1) is 24.4. The minimum Gasteiger partial charge on any atom is -0.477 e. The smallest absolute Gasteiger partial charge is 0.419 e. The van der Waals surface area contributed by atoms with Gasteiger partial charge in [0.1, 0.15) is 17.1 Å². The van der Waals surface area contributed by atoms with Crippen molar-refractivity contribution in [1.82, 2.24) is 19.1 Å². The zero-order valence-corrected chi connectivity index (χ0v) is 31.2. The predicted molar refractivity (Wildman–Crippen MR) is 209 cm³/mol. The van der Waals surface area contributed by atoms with Crippen LogP contribution in [0.3, 0.4) is 0 Å². The van der Waals surface area contributed by atoms with Gasteiger partial charge in [-0.1, -0.05) is 84.0 Å². The molecule has 0 amide bonds. The van der Waals surface area contributed by atoms with Crippen LogP contribution in [0, 0.1) is 0 Å². The highest BCUT2D eigenvalue weighted by Crippen LogP contribution is 2.43. The summed E-state index contributed by atoms with van der Waals surface area (Å²) >= 11 is 0. The summed E-state index contributed by atoms with van der Waals surface area (Å²) in [4.78, 5) is 36.2. The van der Waals surface area contributed by atoms with Gasteiger partial charge in [0.25, 0.3) is 0 Å². The fourth-order valence-corrected chi connectivity index (χ4v) is 6.74. The second-order valence-corrected chi connectivity index (χ2v) is 16.5. The summed E-state index contributed by atoms with van der Waals surface area (Å²) in [7, 11) is 0. The molecular weight excluding hydrogens is 649 g/mol. The Hall–Kier alpha value is -5.76. The lowest BCUT2D eigenvalue weighted by atomic mass is 9.84. The van der Waals surface area contributed by atoms with Crippen molar-refractivity contribution < 1.29 is 19.4 Å². The van der Waals surface area contributed by atoms with Gasteiger partial charge in [-0.25, -0.2) is 24.1 Å². The number of aromatic nitrogens is 4. The number of ether oxygens (including phenoxy) is 1. The van der Waals surface area contributed by atoms with Gasteiger partial charge in [-0.15, -0.1) is 0 Å². The maximum Gasteiger partial charge on any atom is 0.419 e. The molecule has 0 fully saturated rings. The van der Waals surface area contributed by atoms with E-state index in [0.29, 0.717) is 28.1 Å². The molecule has 0 saturated heterocycles. The lowest BCUT2D eigenvalue weighted by Gasteiger charge is -2.23. The molecule has 52 heavy (non-hydrogen) atoms. The molecule has 7 aromatic rings. The number of carboxylic acids is 1. The molecule has 0 aliphatic rings. The summed E-state index contributed by atoms with van der Waals surface area (Å²) in [6, 6.07) is 31.5. The quantitative estimate of drug-likeness (QED) is 0.197. The summed E-state index contributed by atoms with van der Waals surface area (Å²) in [5.41, 5.74) is 6.84. The Morgan fingerprint density at radius 3 is 1.98 bits per heavy atom. The minimum absolute atomic E-state index is 0.0479. The summed E-state index contributed by atoms with van der Waals surface area (Å²) in [6.07, 6.45) is -0.474. The molecule has 264 valence electrons. The van der Waals surface area contributed by atoms with Crippen molar-refractivity contribution in [1.29, 1.82) is 0 Å². The van der Waals surface area contributed by atoms with Crippen LogP contribution in [0.4, 0.5) is 4.79 Å². The number of carbonyl (C=O) groups is 2. The number of imidazole rings is 1. The number of hydrogen-bond donors (Lipinski definition) is 1. The van der Waals surface area contributed by atoms with Gasteiger partial charge in [-0.05, 0) is 97.3 Å². The molecule has 8 nitrogen and oxygen atoms in total. The van der Waals surface area contributed by atoms with E-state index in [1.165, 1.54) is 6.07 Å². The van der Waals surface area contributed by atoms with E-state index in [9.17, 15) is 14.7 Å². The molecule has 0 unspecified atom stereocenters. The van der Waals surface area contributed by atoms with Crippen LogP contribution in [0.5, 0.6) is 0 Å². The van der Waals surface area contributed by atoms with Crippen molar-refractivity contribution in [3.05, 3.63) is 114 Å². The first kappa shape index (κ1) is 34.7. The van der Waals surface area contributed by atoms with Crippen LogP contribution in [0.2, 0.25) is 0 Å². The largest absolute Gasteiger partial charge is 0.477 e. The second kappa shape index (κ2) is 12.2. The van der Waals surface area contributed by atoms with E-state index in [0.717, 1.165) is 44.2 Å². The Labute approximate surface area is 303 Å². The molecular formula is C44H44N4O4. The van der Waals surface area contributed by atoms with Crippen LogP contribution < -0.4 is 0 Å². The van der Waals surface area contributed by atoms with Crippen LogP contribution in [-0.2, 0) is 15.6 Å². The fourth-order valence-electron chi connectivity index (χ4n) is 6.74. The molecule has 0 radical (unpaired) electrons. The Balaban J connectivity index is 1.67. The molecule has 8 heteroatoms. The topological polar surface area (TPSA) is 99.2 Å². The van der Waals surface area contributed by atoms with Gasteiger partial charge in [0.2, 0.25) is 0 Å². The van der Waals surface area contributed by atoms with Crippen LogP contribution in [0.15, 0.2) is 97.1 Å². The number of pyridine rings is 1. The van der Waals surface area contributed by atoms with Crippen molar-refractivity contribution >= 4 is 44.9 Å². The van der Waals surface area contributed by atoms with E-state index in [1.54, 1.807) is 16.7 Å². The number of carbonyl (C=O) groups excluding carboxylic acids is 1. The Morgan fingerprint density at radius 1 is 0.654 bits per heavy atom. The predicted octanol–water partition coefficient (Wildman–Crippen LogP) is 10.9. The normalized spacial score (nSPS) is 12.6. The first-order valence-electron chi connectivity index (χ1n) is 17.6. The van der Waals surface area contributed by atoms with E-state index in [2.05, 4.69) is 75.4 Å². The summed E-state index contributed by atoms with van der Waals surface area (Å²) < 4.78 is 9.92. The highest BCUT2D eigenvalue weighted by molar-refractivity contribution is 6.17. The standard InChI is InChI=1S/C44H44N4O4/c1-42(2,3)26-21-22-35-30(23-26)31-24-27(43(4,5)6)25-32(38(31)48(35)41(51)52-44(7,8)9)39-46-37-29(33-18-14-19-34(45-33)40(49)50)17-13-20-36(37)47(39)28-15-11-10-12-16-28/h10-25H,1-9H3,(H,49,50). The molecule has 3 heterocycles. The molecule has 3 aromatic heterocycles. The third-order valence-corrected chi connectivity index (χ3v) is 9.35.